The van der Waals surface area contributed by atoms with Gasteiger partial charge in [-0.2, -0.15) is 4.31 Å². The fourth-order valence-electron chi connectivity index (χ4n) is 3.27. The van der Waals surface area contributed by atoms with Crippen LogP contribution in [0.4, 0.5) is 5.69 Å². The van der Waals surface area contributed by atoms with Crippen LogP contribution in [0.5, 0.6) is 5.75 Å². The predicted octanol–water partition coefficient (Wildman–Crippen LogP) is 1.98. The third-order valence-corrected chi connectivity index (χ3v) is 8.80. The van der Waals surface area contributed by atoms with Crippen LogP contribution in [0.3, 0.4) is 0 Å². The van der Waals surface area contributed by atoms with E-state index in [1.165, 1.54) is 55.8 Å². The molecule has 0 unspecified atom stereocenters. The van der Waals surface area contributed by atoms with E-state index in [4.69, 9.17) is 4.74 Å². The Balaban J connectivity index is 1.98. The highest BCUT2D eigenvalue weighted by Gasteiger charge is 2.31. The quantitative estimate of drug-likeness (QED) is 0.666. The number of para-hydroxylation sites is 1. The molecule has 31 heavy (non-hydrogen) atoms. The molecule has 0 bridgehead atoms. The Kier molecular flexibility index (Phi) is 6.70. The van der Waals surface area contributed by atoms with Crippen molar-refractivity contribution >= 4 is 31.6 Å². The summed E-state index contributed by atoms with van der Waals surface area (Å²) in [7, 11) is -3.47. The molecule has 1 amide bonds. The molecule has 1 heterocycles. The average molecular weight is 468 g/mol. The van der Waals surface area contributed by atoms with E-state index in [0.717, 1.165) is 17.1 Å². The Morgan fingerprint density at radius 2 is 1.65 bits per heavy atom. The number of ether oxygens (including phenoxy) is 1. The average Bonchev–Trinajstić information content (AvgIpc) is 3.29. The van der Waals surface area contributed by atoms with Gasteiger partial charge in [-0.15, -0.1) is 0 Å². The number of carbonyl (C=O) groups excluding carboxylic acids is 1. The van der Waals surface area contributed by atoms with Crippen molar-refractivity contribution in [3.05, 3.63) is 48.0 Å². The maximum Gasteiger partial charge on any atom is 0.255 e. The normalized spacial score (nSPS) is 15.2. The van der Waals surface area contributed by atoms with Crippen molar-refractivity contribution in [2.45, 2.75) is 22.6 Å². The van der Waals surface area contributed by atoms with E-state index in [1.807, 2.05) is 0 Å². The zero-order chi connectivity index (χ0) is 22.8. The first-order valence-corrected chi connectivity index (χ1v) is 12.5. The summed E-state index contributed by atoms with van der Waals surface area (Å²) in [6, 6.07) is 10.1. The van der Waals surface area contributed by atoms with Crippen molar-refractivity contribution in [1.29, 1.82) is 0 Å². The molecule has 0 radical (unpaired) electrons. The van der Waals surface area contributed by atoms with Crippen molar-refractivity contribution < 1.29 is 26.4 Å². The third kappa shape index (κ3) is 4.59. The van der Waals surface area contributed by atoms with E-state index in [2.05, 4.69) is 5.32 Å². The Hall–Kier alpha value is -2.47. The number of nitrogens with zero attached hydrogens (tertiary/aromatic N) is 2. The fourth-order valence-corrected chi connectivity index (χ4v) is 6.01. The topological polar surface area (TPSA) is 113 Å². The molecule has 0 atom stereocenters. The summed E-state index contributed by atoms with van der Waals surface area (Å²) < 4.78 is 58.8. The summed E-state index contributed by atoms with van der Waals surface area (Å²) >= 11 is 0. The molecule has 1 N–H and O–H groups in total. The number of benzene rings is 2. The Bertz CT molecular complexity index is 1190. The minimum Gasteiger partial charge on any atom is -0.495 e. The minimum absolute atomic E-state index is 0.0632. The van der Waals surface area contributed by atoms with Gasteiger partial charge in [0, 0.05) is 32.7 Å². The SMILES string of the molecule is COc1ccc(C(=O)Nc2ccccc2S(=O)(=O)N(C)C)cc1S(=O)(=O)N1CCCC1. The minimum atomic E-state index is -3.83. The molecule has 1 aliphatic rings. The highest BCUT2D eigenvalue weighted by Crippen LogP contribution is 2.30. The van der Waals surface area contributed by atoms with Gasteiger partial charge in [0.2, 0.25) is 20.0 Å². The van der Waals surface area contributed by atoms with E-state index in [9.17, 15) is 21.6 Å². The molecule has 2 aromatic rings. The van der Waals surface area contributed by atoms with Crippen LogP contribution in [0, 0.1) is 0 Å². The largest absolute Gasteiger partial charge is 0.495 e. The van der Waals surface area contributed by atoms with Crippen LogP contribution in [0.15, 0.2) is 52.3 Å². The summed E-state index contributed by atoms with van der Waals surface area (Å²) in [5.41, 5.74) is 0.164. The van der Waals surface area contributed by atoms with Gasteiger partial charge in [-0.1, -0.05) is 12.1 Å². The van der Waals surface area contributed by atoms with Crippen molar-refractivity contribution in [3.63, 3.8) is 0 Å². The highest BCUT2D eigenvalue weighted by atomic mass is 32.2. The molecule has 168 valence electrons. The van der Waals surface area contributed by atoms with Crippen LogP contribution in [0.1, 0.15) is 23.2 Å². The molecule has 11 heteroatoms. The number of methoxy groups -OCH3 is 1. The lowest BCUT2D eigenvalue weighted by molar-refractivity contribution is 0.102. The van der Waals surface area contributed by atoms with E-state index in [0.29, 0.717) is 13.1 Å². The van der Waals surface area contributed by atoms with Crippen LogP contribution >= 0.6 is 0 Å². The lowest BCUT2D eigenvalue weighted by atomic mass is 10.2. The molecular weight excluding hydrogens is 442 g/mol. The monoisotopic (exact) mass is 467 g/mol. The van der Waals surface area contributed by atoms with Crippen LogP contribution in [0.25, 0.3) is 0 Å². The first-order valence-electron chi connectivity index (χ1n) is 9.60. The molecule has 2 aromatic carbocycles. The van der Waals surface area contributed by atoms with E-state index >= 15 is 0 Å². The van der Waals surface area contributed by atoms with Crippen molar-refractivity contribution in [1.82, 2.24) is 8.61 Å². The molecule has 1 fully saturated rings. The lowest BCUT2D eigenvalue weighted by Gasteiger charge is -2.19. The Morgan fingerprint density at radius 3 is 2.26 bits per heavy atom. The van der Waals surface area contributed by atoms with E-state index in [-0.39, 0.29) is 26.8 Å². The maximum absolute atomic E-state index is 13.0. The van der Waals surface area contributed by atoms with Crippen LogP contribution in [-0.2, 0) is 20.0 Å². The molecule has 9 nitrogen and oxygen atoms in total. The van der Waals surface area contributed by atoms with Crippen LogP contribution < -0.4 is 10.1 Å². The second kappa shape index (κ2) is 8.95. The molecule has 0 saturated carbocycles. The number of nitrogens with one attached hydrogen (secondary N) is 1. The molecule has 3 rings (SSSR count). The first-order chi connectivity index (χ1) is 14.6. The van der Waals surface area contributed by atoms with Crippen LogP contribution in [-0.4, -0.2) is 65.6 Å². The van der Waals surface area contributed by atoms with Crippen molar-refractivity contribution in [2.24, 2.45) is 0 Å². The number of hydrogen-bond acceptors (Lipinski definition) is 6. The summed E-state index contributed by atoms with van der Waals surface area (Å²) in [4.78, 5) is 12.7. The molecule has 0 spiro atoms. The van der Waals surface area contributed by atoms with Gasteiger partial charge in [-0.3, -0.25) is 4.79 Å². The third-order valence-electron chi connectivity index (χ3n) is 5.00. The number of anilines is 1. The first kappa shape index (κ1) is 23.2. The lowest BCUT2D eigenvalue weighted by Crippen LogP contribution is -2.28. The maximum atomic E-state index is 13.0. The van der Waals surface area contributed by atoms with E-state index < -0.39 is 26.0 Å². The van der Waals surface area contributed by atoms with Gasteiger partial charge >= 0.3 is 0 Å². The van der Waals surface area contributed by atoms with Gasteiger partial charge < -0.3 is 10.1 Å². The number of amides is 1. The zero-order valence-corrected chi connectivity index (χ0v) is 19.2. The van der Waals surface area contributed by atoms with Gasteiger partial charge in [0.25, 0.3) is 5.91 Å². The van der Waals surface area contributed by atoms with Crippen molar-refractivity contribution in [2.75, 3.05) is 39.6 Å². The second-order valence-corrected chi connectivity index (χ2v) is 11.2. The number of sulfonamides is 2. The number of carbonyl (C=O) groups is 1. The molecular formula is C20H25N3O6S2. The fraction of sp³-hybridized carbons (Fsp3) is 0.350. The van der Waals surface area contributed by atoms with Crippen LogP contribution in [0.2, 0.25) is 0 Å². The van der Waals surface area contributed by atoms with Gasteiger partial charge in [0.15, 0.2) is 0 Å². The standard InChI is InChI=1S/C20H25N3O6S2/c1-22(2)30(25,26)18-9-5-4-8-16(18)21-20(24)15-10-11-17(29-3)19(14-15)31(27,28)23-12-6-7-13-23/h4-5,8-11,14H,6-7,12-13H2,1-3H3,(H,21,24). The zero-order valence-electron chi connectivity index (χ0n) is 17.5. The molecule has 1 saturated heterocycles. The Labute approximate surface area is 182 Å². The molecule has 0 aromatic heterocycles. The molecule has 1 aliphatic heterocycles. The second-order valence-electron chi connectivity index (χ2n) is 7.21. The smallest absolute Gasteiger partial charge is 0.255 e. The van der Waals surface area contributed by atoms with Gasteiger partial charge in [0.1, 0.15) is 15.5 Å². The van der Waals surface area contributed by atoms with Gasteiger partial charge in [0.05, 0.1) is 12.8 Å². The number of hydrogen-bond donors (Lipinski definition) is 1. The summed E-state index contributed by atoms with van der Waals surface area (Å²) in [5, 5.41) is 2.58. The summed E-state index contributed by atoms with van der Waals surface area (Å²) in [6.45, 7) is 0.829. The molecule has 0 aliphatic carbocycles. The van der Waals surface area contributed by atoms with Crippen molar-refractivity contribution in [3.8, 4) is 5.75 Å². The predicted molar refractivity (Wildman–Crippen MR) is 116 cm³/mol. The van der Waals surface area contributed by atoms with E-state index in [1.54, 1.807) is 12.1 Å². The van der Waals surface area contributed by atoms with Gasteiger partial charge in [-0.05, 0) is 43.2 Å². The highest BCUT2D eigenvalue weighted by molar-refractivity contribution is 7.89. The summed E-state index contributed by atoms with van der Waals surface area (Å²) in [6.07, 6.45) is 1.55. The number of rotatable bonds is 7. The Morgan fingerprint density at radius 1 is 1.00 bits per heavy atom. The summed E-state index contributed by atoms with van der Waals surface area (Å²) in [5.74, 6) is -0.499. The van der Waals surface area contributed by atoms with Gasteiger partial charge in [-0.25, -0.2) is 21.1 Å².